The Morgan fingerprint density at radius 1 is 1.04 bits per heavy atom. The van der Waals surface area contributed by atoms with E-state index in [-0.39, 0.29) is 5.78 Å². The summed E-state index contributed by atoms with van der Waals surface area (Å²) in [5, 5.41) is 7.58. The van der Waals surface area contributed by atoms with Gasteiger partial charge in [-0.3, -0.25) is 9.89 Å². The van der Waals surface area contributed by atoms with Gasteiger partial charge in [-0.25, -0.2) is 4.98 Å². The number of ether oxygens (including phenoxy) is 1. The lowest BCUT2D eigenvalue weighted by Crippen LogP contribution is -2.06. The van der Waals surface area contributed by atoms with E-state index >= 15 is 0 Å². The summed E-state index contributed by atoms with van der Waals surface area (Å²) in [5.74, 6) is 1.85. The number of aryl methyl sites for hydroxylation is 4. The van der Waals surface area contributed by atoms with Crippen LogP contribution in [-0.2, 0) is 6.61 Å². The summed E-state index contributed by atoms with van der Waals surface area (Å²) in [6.45, 7) is 8.35. The van der Waals surface area contributed by atoms with E-state index in [2.05, 4.69) is 28.2 Å². The van der Waals surface area contributed by atoms with Crippen molar-refractivity contribution in [1.29, 1.82) is 0 Å². The minimum absolute atomic E-state index is 0.0862. The second-order valence-corrected chi connectivity index (χ2v) is 7.52. The number of para-hydroxylation sites is 1. The van der Waals surface area contributed by atoms with Gasteiger partial charge in [0.05, 0.1) is 5.75 Å². The Labute approximate surface area is 163 Å². The van der Waals surface area contributed by atoms with Crippen LogP contribution in [0.4, 0.5) is 0 Å². The molecule has 1 aromatic heterocycles. The van der Waals surface area contributed by atoms with Gasteiger partial charge in [-0.05, 0) is 62.1 Å². The molecule has 6 heteroatoms. The van der Waals surface area contributed by atoms with E-state index in [4.69, 9.17) is 4.74 Å². The van der Waals surface area contributed by atoms with Gasteiger partial charge >= 0.3 is 0 Å². The lowest BCUT2D eigenvalue weighted by Gasteiger charge is -2.08. The highest BCUT2D eigenvalue weighted by Gasteiger charge is 2.13. The average Bonchev–Trinajstić information content (AvgIpc) is 3.10. The quantitative estimate of drug-likeness (QED) is 0.479. The molecule has 0 amide bonds. The van der Waals surface area contributed by atoms with Crippen molar-refractivity contribution in [2.75, 3.05) is 5.75 Å². The zero-order valence-electron chi connectivity index (χ0n) is 16.0. The number of nitrogens with zero attached hydrogens (tertiary/aromatic N) is 2. The fourth-order valence-electron chi connectivity index (χ4n) is 2.74. The summed E-state index contributed by atoms with van der Waals surface area (Å²) < 4.78 is 5.76. The fraction of sp³-hybridized carbons (Fsp3) is 0.286. The first-order chi connectivity index (χ1) is 12.9. The van der Waals surface area contributed by atoms with Crippen LogP contribution in [0.2, 0.25) is 0 Å². The zero-order chi connectivity index (χ0) is 19.4. The van der Waals surface area contributed by atoms with Gasteiger partial charge < -0.3 is 4.74 Å². The highest BCUT2D eigenvalue weighted by atomic mass is 32.2. The molecule has 2 aromatic carbocycles. The molecule has 0 fully saturated rings. The maximum atomic E-state index is 12.5. The maximum absolute atomic E-state index is 12.5. The van der Waals surface area contributed by atoms with E-state index in [1.807, 2.05) is 51.1 Å². The van der Waals surface area contributed by atoms with E-state index in [9.17, 15) is 4.79 Å². The molecule has 3 aromatic rings. The minimum atomic E-state index is 0.0862. The first-order valence-electron chi connectivity index (χ1n) is 8.77. The SMILES string of the molecule is Cc1cc(C)c(C(=O)CSc2n[nH]c(COc3ccccc3C)n2)cc1C. The third kappa shape index (κ3) is 4.77. The number of benzene rings is 2. The van der Waals surface area contributed by atoms with Gasteiger partial charge in [0.1, 0.15) is 12.4 Å². The van der Waals surface area contributed by atoms with Crippen molar-refractivity contribution in [3.05, 3.63) is 70.0 Å². The van der Waals surface area contributed by atoms with Crippen molar-refractivity contribution >= 4 is 17.5 Å². The number of Topliss-reactive ketones (excluding diaryl/α,β-unsaturated/α-hetero) is 1. The number of hydrogen-bond acceptors (Lipinski definition) is 5. The molecular formula is C21H23N3O2S. The van der Waals surface area contributed by atoms with Crippen LogP contribution in [0.1, 0.15) is 38.4 Å². The molecule has 0 aliphatic carbocycles. The summed E-state index contributed by atoms with van der Waals surface area (Å²) >= 11 is 1.33. The van der Waals surface area contributed by atoms with Crippen molar-refractivity contribution in [3.8, 4) is 5.75 Å². The molecule has 5 nitrogen and oxygen atoms in total. The normalized spacial score (nSPS) is 10.8. The second kappa shape index (κ2) is 8.39. The maximum Gasteiger partial charge on any atom is 0.208 e. The molecule has 0 spiro atoms. The topological polar surface area (TPSA) is 67.9 Å². The summed E-state index contributed by atoms with van der Waals surface area (Å²) in [6.07, 6.45) is 0. The third-order valence-corrected chi connectivity index (χ3v) is 5.29. The molecule has 27 heavy (non-hydrogen) atoms. The molecule has 3 rings (SSSR count). The molecule has 0 unspecified atom stereocenters. The Bertz CT molecular complexity index is 966. The Kier molecular flexibility index (Phi) is 5.96. The number of hydrogen-bond donors (Lipinski definition) is 1. The lowest BCUT2D eigenvalue weighted by molar-refractivity contribution is 0.102. The lowest BCUT2D eigenvalue weighted by atomic mass is 9.99. The largest absolute Gasteiger partial charge is 0.485 e. The number of aromatic nitrogens is 3. The summed E-state index contributed by atoms with van der Waals surface area (Å²) in [4.78, 5) is 16.9. The van der Waals surface area contributed by atoms with Crippen molar-refractivity contribution in [2.45, 2.75) is 39.5 Å². The number of H-pyrrole nitrogens is 1. The van der Waals surface area contributed by atoms with Crippen LogP contribution in [0.5, 0.6) is 5.75 Å². The minimum Gasteiger partial charge on any atom is -0.485 e. The van der Waals surface area contributed by atoms with Crippen LogP contribution in [-0.4, -0.2) is 26.7 Å². The molecule has 0 radical (unpaired) electrons. The Balaban J connectivity index is 1.57. The Hall–Kier alpha value is -2.60. The van der Waals surface area contributed by atoms with Gasteiger partial charge in [0.15, 0.2) is 11.6 Å². The van der Waals surface area contributed by atoms with Crippen molar-refractivity contribution in [1.82, 2.24) is 15.2 Å². The van der Waals surface area contributed by atoms with Crippen LogP contribution < -0.4 is 4.74 Å². The molecule has 1 N–H and O–H groups in total. The number of rotatable bonds is 7. The van der Waals surface area contributed by atoms with E-state index in [1.54, 1.807) is 0 Å². The molecule has 0 bridgehead atoms. The van der Waals surface area contributed by atoms with Gasteiger partial charge in [0.2, 0.25) is 5.16 Å². The van der Waals surface area contributed by atoms with Gasteiger partial charge in [0.25, 0.3) is 0 Å². The van der Waals surface area contributed by atoms with Crippen molar-refractivity contribution < 1.29 is 9.53 Å². The first-order valence-corrected chi connectivity index (χ1v) is 9.76. The number of nitrogens with one attached hydrogen (secondary N) is 1. The van der Waals surface area contributed by atoms with Crippen molar-refractivity contribution in [3.63, 3.8) is 0 Å². The number of carbonyl (C=O) groups excluding carboxylic acids is 1. The monoisotopic (exact) mass is 381 g/mol. The number of aromatic amines is 1. The van der Waals surface area contributed by atoms with Gasteiger partial charge in [-0.2, -0.15) is 0 Å². The molecule has 0 saturated carbocycles. The molecule has 0 atom stereocenters. The molecule has 0 saturated heterocycles. The smallest absolute Gasteiger partial charge is 0.208 e. The van der Waals surface area contributed by atoms with Gasteiger partial charge in [-0.15, -0.1) is 5.10 Å². The zero-order valence-corrected chi connectivity index (χ0v) is 16.8. The Morgan fingerprint density at radius 3 is 2.56 bits per heavy atom. The molecule has 1 heterocycles. The second-order valence-electron chi connectivity index (χ2n) is 6.58. The highest BCUT2D eigenvalue weighted by molar-refractivity contribution is 7.99. The van der Waals surface area contributed by atoms with E-state index < -0.39 is 0 Å². The molecular weight excluding hydrogens is 358 g/mol. The first kappa shape index (κ1) is 19.2. The standard InChI is InChI=1S/C21H23N3O2S/c1-13-7-5-6-8-19(13)26-11-20-22-21(24-23-20)27-12-18(25)17-10-15(3)14(2)9-16(17)4/h5-10H,11-12H2,1-4H3,(H,22,23,24). The van der Waals surface area contributed by atoms with Crippen LogP contribution in [0, 0.1) is 27.7 Å². The fourth-order valence-corrected chi connectivity index (χ4v) is 3.44. The summed E-state index contributed by atoms with van der Waals surface area (Å²) in [5.41, 5.74) is 5.17. The van der Waals surface area contributed by atoms with E-state index in [1.165, 1.54) is 17.3 Å². The predicted octanol–water partition coefficient (Wildman–Crippen LogP) is 4.59. The average molecular weight is 382 g/mol. The van der Waals surface area contributed by atoms with E-state index in [0.717, 1.165) is 28.0 Å². The van der Waals surface area contributed by atoms with Crippen LogP contribution in [0.15, 0.2) is 41.6 Å². The molecule has 0 aliphatic rings. The molecule has 140 valence electrons. The third-order valence-electron chi connectivity index (χ3n) is 4.44. The van der Waals surface area contributed by atoms with Crippen molar-refractivity contribution in [2.24, 2.45) is 0 Å². The van der Waals surface area contributed by atoms with Crippen LogP contribution in [0.3, 0.4) is 0 Å². The highest BCUT2D eigenvalue weighted by Crippen LogP contribution is 2.21. The number of carbonyl (C=O) groups is 1. The predicted molar refractivity (Wildman–Crippen MR) is 108 cm³/mol. The number of ketones is 1. The summed E-state index contributed by atoms with van der Waals surface area (Å²) in [7, 11) is 0. The van der Waals surface area contributed by atoms with Gasteiger partial charge in [-0.1, -0.05) is 36.0 Å². The van der Waals surface area contributed by atoms with Gasteiger partial charge in [0, 0.05) is 5.56 Å². The van der Waals surface area contributed by atoms with Crippen LogP contribution >= 0.6 is 11.8 Å². The summed E-state index contributed by atoms with van der Waals surface area (Å²) in [6, 6.07) is 11.8. The Morgan fingerprint density at radius 2 is 1.78 bits per heavy atom. The van der Waals surface area contributed by atoms with E-state index in [0.29, 0.717) is 23.3 Å². The molecule has 0 aliphatic heterocycles. The van der Waals surface area contributed by atoms with Crippen LogP contribution in [0.25, 0.3) is 0 Å². The number of thioether (sulfide) groups is 1.